The van der Waals surface area contributed by atoms with Crippen molar-refractivity contribution in [3.05, 3.63) is 69.0 Å². The van der Waals surface area contributed by atoms with Gasteiger partial charge in [0.05, 0.1) is 16.3 Å². The van der Waals surface area contributed by atoms with Crippen molar-refractivity contribution in [3.63, 3.8) is 0 Å². The van der Waals surface area contributed by atoms with E-state index >= 15 is 4.39 Å². The number of hydrogen-bond donors (Lipinski definition) is 2. The molecule has 0 atom stereocenters. The second-order valence-corrected chi connectivity index (χ2v) is 7.94. The third-order valence-electron chi connectivity index (χ3n) is 4.75. The van der Waals surface area contributed by atoms with E-state index in [1.807, 2.05) is 12.1 Å². The predicted octanol–water partition coefficient (Wildman–Crippen LogP) is 4.52. The quantitative estimate of drug-likeness (QED) is 0.563. The van der Waals surface area contributed by atoms with Gasteiger partial charge in [-0.3, -0.25) is 14.6 Å². The van der Waals surface area contributed by atoms with Crippen LogP contribution in [-0.4, -0.2) is 20.9 Å². The van der Waals surface area contributed by atoms with Gasteiger partial charge >= 0.3 is 0 Å². The molecule has 3 aromatic rings. The number of carbonyl (C=O) groups excluding carboxylic acids is 1. The Morgan fingerprint density at radius 2 is 2.03 bits per heavy atom. The molecule has 6 nitrogen and oxygen atoms in total. The van der Waals surface area contributed by atoms with Crippen LogP contribution in [0.2, 0.25) is 5.02 Å². The van der Waals surface area contributed by atoms with Crippen molar-refractivity contribution in [2.75, 3.05) is 0 Å². The van der Waals surface area contributed by atoms with Gasteiger partial charge in [-0.2, -0.15) is 0 Å². The molecule has 0 aliphatic rings. The van der Waals surface area contributed by atoms with E-state index in [0.717, 1.165) is 18.5 Å². The van der Waals surface area contributed by atoms with E-state index in [0.29, 0.717) is 11.3 Å². The van der Waals surface area contributed by atoms with Gasteiger partial charge in [-0.05, 0) is 24.6 Å². The molecule has 0 saturated carbocycles. The molecule has 1 amide bonds. The number of rotatable bonds is 7. The second-order valence-electron chi connectivity index (χ2n) is 7.54. The highest BCUT2D eigenvalue weighted by Crippen LogP contribution is 2.31. The van der Waals surface area contributed by atoms with Crippen LogP contribution in [0.4, 0.5) is 4.39 Å². The minimum Gasteiger partial charge on any atom is -0.352 e. The summed E-state index contributed by atoms with van der Waals surface area (Å²) in [5.74, 6) is -1.04. The van der Waals surface area contributed by atoms with Gasteiger partial charge in [0.15, 0.2) is 0 Å². The number of nitrogens with zero attached hydrogens (tertiary/aromatic N) is 2. The fourth-order valence-electron chi connectivity index (χ4n) is 3.04. The average Bonchev–Trinajstić information content (AvgIpc) is 2.73. The minimum absolute atomic E-state index is 0.000249. The lowest BCUT2D eigenvalue weighted by Gasteiger charge is -2.13. The first-order valence-corrected chi connectivity index (χ1v) is 10.5. The number of halogens is 2. The van der Waals surface area contributed by atoms with Gasteiger partial charge in [0.1, 0.15) is 11.6 Å². The molecular weight excluding hydrogens is 419 g/mol. The maximum atomic E-state index is 15.3. The summed E-state index contributed by atoms with van der Waals surface area (Å²) >= 11 is 6.25. The van der Waals surface area contributed by atoms with E-state index < -0.39 is 11.4 Å². The van der Waals surface area contributed by atoms with Crippen molar-refractivity contribution in [1.82, 2.24) is 20.3 Å². The molecule has 162 valence electrons. The summed E-state index contributed by atoms with van der Waals surface area (Å²) in [6.07, 6.45) is 3.48. The Hall–Kier alpha value is -3.06. The lowest BCUT2D eigenvalue weighted by Crippen LogP contribution is -2.27. The van der Waals surface area contributed by atoms with E-state index in [2.05, 4.69) is 27.2 Å². The Labute approximate surface area is 184 Å². The molecule has 8 heteroatoms. The van der Waals surface area contributed by atoms with Crippen molar-refractivity contribution >= 4 is 17.5 Å². The molecule has 0 unspecified atom stereocenters. The molecule has 0 radical (unpaired) electrons. The molecule has 0 saturated heterocycles. The van der Waals surface area contributed by atoms with Gasteiger partial charge in [0.2, 0.25) is 5.91 Å². The summed E-state index contributed by atoms with van der Waals surface area (Å²) in [4.78, 5) is 35.5. The first-order valence-electron chi connectivity index (χ1n) is 10.1. The number of amides is 1. The number of aryl methyl sites for hydroxylation is 1. The number of aromatic amines is 1. The third kappa shape index (κ3) is 5.35. The van der Waals surface area contributed by atoms with E-state index in [1.165, 1.54) is 18.2 Å². The lowest BCUT2D eigenvalue weighted by atomic mass is 10.1. The molecular formula is C23H24ClFN4O2. The monoisotopic (exact) mass is 442 g/mol. The zero-order valence-corrected chi connectivity index (χ0v) is 18.4. The topological polar surface area (TPSA) is 87.7 Å². The fraction of sp³-hybridized carbons (Fsp3) is 0.304. The molecule has 0 fully saturated rings. The number of H-pyrrole nitrogens is 1. The van der Waals surface area contributed by atoms with E-state index in [9.17, 15) is 9.59 Å². The number of benzene rings is 1. The highest BCUT2D eigenvalue weighted by molar-refractivity contribution is 6.33. The van der Waals surface area contributed by atoms with Crippen LogP contribution in [0, 0.1) is 11.7 Å². The van der Waals surface area contributed by atoms with Crippen LogP contribution in [0.5, 0.6) is 0 Å². The minimum atomic E-state index is -0.645. The molecule has 0 bridgehead atoms. The third-order valence-corrected chi connectivity index (χ3v) is 5.07. The highest BCUT2D eigenvalue weighted by atomic mass is 35.5. The Balaban J connectivity index is 2.00. The molecule has 0 aliphatic heterocycles. The number of hydrogen-bond acceptors (Lipinski definition) is 4. The van der Waals surface area contributed by atoms with Crippen molar-refractivity contribution in [2.45, 2.75) is 40.2 Å². The molecule has 0 aliphatic carbocycles. The first kappa shape index (κ1) is 22.6. The van der Waals surface area contributed by atoms with E-state index in [4.69, 9.17) is 11.6 Å². The van der Waals surface area contributed by atoms with Crippen LogP contribution in [0.1, 0.15) is 38.4 Å². The van der Waals surface area contributed by atoms with Crippen LogP contribution in [-0.2, 0) is 17.8 Å². The standard InChI is InChI=1S/C23H24ClFN4O2/c1-4-5-16-8-6-14(11-26-16)18-10-19(30)29-22(28-18)20-17(24)9-7-15(21(20)25)12-27-23(31)13(2)3/h6-11,13H,4-5,12H2,1-3H3,(H,27,31)(H,28,29,30). The molecule has 0 spiro atoms. The maximum absolute atomic E-state index is 15.3. The van der Waals surface area contributed by atoms with Gasteiger partial charge in [-0.15, -0.1) is 0 Å². The van der Waals surface area contributed by atoms with Crippen LogP contribution >= 0.6 is 11.6 Å². The summed E-state index contributed by atoms with van der Waals surface area (Å²) < 4.78 is 15.3. The summed E-state index contributed by atoms with van der Waals surface area (Å²) in [5.41, 5.74) is 1.74. The Morgan fingerprint density at radius 3 is 2.68 bits per heavy atom. The van der Waals surface area contributed by atoms with Gasteiger partial charge < -0.3 is 10.3 Å². The van der Waals surface area contributed by atoms with Crippen molar-refractivity contribution in [3.8, 4) is 22.6 Å². The number of aromatic nitrogens is 3. The molecule has 31 heavy (non-hydrogen) atoms. The summed E-state index contributed by atoms with van der Waals surface area (Å²) in [6.45, 7) is 5.58. The zero-order valence-electron chi connectivity index (χ0n) is 17.6. The number of pyridine rings is 1. The molecule has 2 aromatic heterocycles. The lowest BCUT2D eigenvalue weighted by molar-refractivity contribution is -0.124. The molecule has 3 rings (SSSR count). The Kier molecular flexibility index (Phi) is 7.17. The first-order chi connectivity index (χ1) is 14.8. The largest absolute Gasteiger partial charge is 0.352 e. The zero-order chi connectivity index (χ0) is 22.5. The average molecular weight is 443 g/mol. The van der Waals surface area contributed by atoms with Gasteiger partial charge in [0, 0.05) is 41.5 Å². The van der Waals surface area contributed by atoms with Crippen LogP contribution in [0.15, 0.2) is 41.3 Å². The Morgan fingerprint density at radius 1 is 1.26 bits per heavy atom. The van der Waals surface area contributed by atoms with Crippen LogP contribution in [0.25, 0.3) is 22.6 Å². The van der Waals surface area contributed by atoms with Gasteiger partial charge in [-0.25, -0.2) is 9.37 Å². The Bertz CT molecular complexity index is 1140. The number of carbonyl (C=O) groups is 1. The van der Waals surface area contributed by atoms with Gasteiger partial charge in [-0.1, -0.05) is 44.9 Å². The van der Waals surface area contributed by atoms with E-state index in [-0.39, 0.29) is 40.3 Å². The number of nitrogens with one attached hydrogen (secondary N) is 2. The molecule has 1 aromatic carbocycles. The smallest absolute Gasteiger partial charge is 0.251 e. The van der Waals surface area contributed by atoms with Gasteiger partial charge in [0.25, 0.3) is 5.56 Å². The van der Waals surface area contributed by atoms with Crippen molar-refractivity contribution in [2.24, 2.45) is 5.92 Å². The second kappa shape index (κ2) is 9.83. The summed E-state index contributed by atoms with van der Waals surface area (Å²) in [7, 11) is 0. The van der Waals surface area contributed by atoms with Crippen LogP contribution < -0.4 is 10.9 Å². The van der Waals surface area contributed by atoms with E-state index in [1.54, 1.807) is 20.0 Å². The maximum Gasteiger partial charge on any atom is 0.251 e. The fourth-order valence-corrected chi connectivity index (χ4v) is 3.28. The van der Waals surface area contributed by atoms with Crippen molar-refractivity contribution in [1.29, 1.82) is 0 Å². The summed E-state index contributed by atoms with van der Waals surface area (Å²) in [5, 5.41) is 2.78. The normalized spacial score (nSPS) is 11.0. The summed E-state index contributed by atoms with van der Waals surface area (Å²) in [6, 6.07) is 8.07. The van der Waals surface area contributed by atoms with Crippen molar-refractivity contribution < 1.29 is 9.18 Å². The van der Waals surface area contributed by atoms with Crippen LogP contribution in [0.3, 0.4) is 0 Å². The SMILES string of the molecule is CCCc1ccc(-c2cc(=O)[nH]c(-c3c(Cl)ccc(CNC(=O)C(C)C)c3F)n2)cn1. The molecule has 2 heterocycles. The molecule has 2 N–H and O–H groups in total. The predicted molar refractivity (Wildman–Crippen MR) is 119 cm³/mol. The highest BCUT2D eigenvalue weighted by Gasteiger charge is 2.18.